The van der Waals surface area contributed by atoms with Crippen LogP contribution in [-0.4, -0.2) is 61.5 Å². The molecule has 4 atom stereocenters. The zero-order chi connectivity index (χ0) is 30.2. The summed E-state index contributed by atoms with van der Waals surface area (Å²) >= 11 is 0. The summed E-state index contributed by atoms with van der Waals surface area (Å²) in [5.41, 5.74) is 6.26. The lowest BCUT2D eigenvalue weighted by Crippen LogP contribution is -2.37. The van der Waals surface area contributed by atoms with Gasteiger partial charge in [-0.25, -0.2) is 4.57 Å². The summed E-state index contributed by atoms with van der Waals surface area (Å²) in [6, 6.07) is 21.3. The van der Waals surface area contributed by atoms with Gasteiger partial charge in [-0.1, -0.05) is 98.5 Å². The Morgan fingerprint density at radius 2 is 1.52 bits per heavy atom. The number of aliphatic hydroxyl groups excluding tert-OH is 1. The number of quaternary nitrogens is 1. The molecule has 0 aromatic heterocycles. The van der Waals surface area contributed by atoms with Gasteiger partial charge in [0.25, 0.3) is 0 Å². The van der Waals surface area contributed by atoms with Gasteiger partial charge in [0.05, 0.1) is 33.9 Å². The van der Waals surface area contributed by atoms with Crippen LogP contribution in [0.25, 0.3) is 11.1 Å². The summed E-state index contributed by atoms with van der Waals surface area (Å²) in [4.78, 5) is 9.86. The van der Waals surface area contributed by atoms with Crippen LogP contribution in [0.2, 0.25) is 0 Å². The standard InChI is InChI=1S/C35H50NO5P/c1-28(29-17-12-9-13-18-29)35-23-22-33(37)32(35)27-31(34(35)30-19-14-10-15-20-30)21-11-7-5-6-8-16-25-40-42(38,39)41-26-24-36(2,3)4/h9-10,12-15,17-20,32-33,37H,1,5-8,11,16,21-27H2,2-4H3/p+1. The number of unbranched alkanes of at least 4 members (excludes halogenated alkanes) is 5. The maximum Gasteiger partial charge on any atom is 0.472 e. The van der Waals surface area contributed by atoms with Gasteiger partial charge in [-0.3, -0.25) is 9.05 Å². The highest BCUT2D eigenvalue weighted by Crippen LogP contribution is 2.66. The maximum atomic E-state index is 12.0. The molecular weight excluding hydrogens is 545 g/mol. The average molecular weight is 597 g/mol. The second-order valence-corrected chi connectivity index (χ2v) is 14.6. The van der Waals surface area contributed by atoms with Crippen molar-refractivity contribution in [3.63, 3.8) is 0 Å². The van der Waals surface area contributed by atoms with Crippen molar-refractivity contribution in [1.82, 2.24) is 0 Å². The first-order valence-electron chi connectivity index (χ1n) is 15.7. The summed E-state index contributed by atoms with van der Waals surface area (Å²) in [7, 11) is 2.05. The van der Waals surface area contributed by atoms with E-state index in [4.69, 9.17) is 9.05 Å². The number of allylic oxidation sites excluding steroid dienone is 3. The molecule has 4 unspecified atom stereocenters. The van der Waals surface area contributed by atoms with E-state index in [1.54, 1.807) is 0 Å². The molecule has 0 heterocycles. The number of rotatable bonds is 17. The molecule has 2 aromatic carbocycles. The van der Waals surface area contributed by atoms with E-state index < -0.39 is 7.82 Å². The van der Waals surface area contributed by atoms with E-state index in [1.807, 2.05) is 27.2 Å². The van der Waals surface area contributed by atoms with E-state index >= 15 is 0 Å². The SMILES string of the molecule is C=C(c1ccccc1)C12CCC(O)C1CC(CCCCCCCCOP(=O)(O)OCC[N+](C)(C)C)=C2c1ccccc1. The highest BCUT2D eigenvalue weighted by Gasteiger charge is 2.56. The Labute approximate surface area is 253 Å². The number of aliphatic hydroxyl groups is 1. The smallest absolute Gasteiger partial charge is 0.393 e. The monoisotopic (exact) mass is 596 g/mol. The minimum atomic E-state index is -3.97. The van der Waals surface area contributed by atoms with E-state index in [0.29, 0.717) is 11.0 Å². The maximum absolute atomic E-state index is 12.0. The third-order valence-corrected chi connectivity index (χ3v) is 10.1. The summed E-state index contributed by atoms with van der Waals surface area (Å²) in [5.74, 6) is 0.175. The Morgan fingerprint density at radius 3 is 2.19 bits per heavy atom. The first-order chi connectivity index (χ1) is 20.0. The van der Waals surface area contributed by atoms with E-state index in [-0.39, 0.29) is 30.7 Å². The van der Waals surface area contributed by atoms with Crippen LogP contribution in [0.15, 0.2) is 72.8 Å². The van der Waals surface area contributed by atoms with Crippen LogP contribution < -0.4 is 0 Å². The molecule has 0 aliphatic heterocycles. The van der Waals surface area contributed by atoms with Gasteiger partial charge in [0.15, 0.2) is 0 Å². The highest BCUT2D eigenvalue weighted by atomic mass is 31.2. The number of hydrogen-bond acceptors (Lipinski definition) is 4. The van der Waals surface area contributed by atoms with E-state index in [1.165, 1.54) is 22.3 Å². The van der Waals surface area contributed by atoms with Crippen LogP contribution in [-0.2, 0) is 13.6 Å². The summed E-state index contributed by atoms with van der Waals surface area (Å²) in [6.45, 7) is 5.75. The van der Waals surface area contributed by atoms with Crippen molar-refractivity contribution >= 4 is 19.0 Å². The third kappa shape index (κ3) is 8.31. The Hall–Kier alpha value is -2.05. The van der Waals surface area contributed by atoms with Crippen molar-refractivity contribution in [2.75, 3.05) is 40.9 Å². The number of nitrogens with zero attached hydrogens (tertiary/aromatic N) is 1. The molecule has 0 saturated heterocycles. The Morgan fingerprint density at radius 1 is 0.929 bits per heavy atom. The number of likely N-dealkylation sites (N-methyl/N-ethyl adjacent to an activating group) is 1. The molecule has 7 heteroatoms. The highest BCUT2D eigenvalue weighted by molar-refractivity contribution is 7.47. The van der Waals surface area contributed by atoms with E-state index in [9.17, 15) is 14.6 Å². The third-order valence-electron chi connectivity index (χ3n) is 9.06. The van der Waals surface area contributed by atoms with Gasteiger partial charge in [0, 0.05) is 11.3 Å². The lowest BCUT2D eigenvalue weighted by Gasteiger charge is -2.37. The zero-order valence-electron chi connectivity index (χ0n) is 25.8. The molecular formula is C35H51NO5P+. The molecule has 230 valence electrons. The number of benzene rings is 2. The fourth-order valence-electron chi connectivity index (χ4n) is 6.91. The van der Waals surface area contributed by atoms with Crippen molar-refractivity contribution in [1.29, 1.82) is 0 Å². The quantitative estimate of drug-likeness (QED) is 0.110. The van der Waals surface area contributed by atoms with Crippen LogP contribution in [0.3, 0.4) is 0 Å². The van der Waals surface area contributed by atoms with E-state index in [2.05, 4.69) is 61.2 Å². The number of phosphoric ester groups is 1. The molecule has 2 aromatic rings. The van der Waals surface area contributed by atoms with Gasteiger partial charge in [-0.15, -0.1) is 0 Å². The molecule has 0 bridgehead atoms. The zero-order valence-corrected chi connectivity index (χ0v) is 26.7. The lowest BCUT2D eigenvalue weighted by molar-refractivity contribution is -0.870. The topological polar surface area (TPSA) is 76.0 Å². The Bertz CT molecular complexity index is 1240. The largest absolute Gasteiger partial charge is 0.472 e. The van der Waals surface area contributed by atoms with Crippen LogP contribution in [0.1, 0.15) is 75.3 Å². The molecule has 2 aliphatic carbocycles. The molecule has 0 amide bonds. The van der Waals surface area contributed by atoms with Gasteiger partial charge < -0.3 is 14.5 Å². The van der Waals surface area contributed by atoms with E-state index in [0.717, 1.165) is 69.8 Å². The van der Waals surface area contributed by atoms with Crippen molar-refractivity contribution in [2.24, 2.45) is 11.3 Å². The van der Waals surface area contributed by atoms with Crippen molar-refractivity contribution in [3.8, 4) is 0 Å². The van der Waals surface area contributed by atoms with Crippen molar-refractivity contribution in [2.45, 2.75) is 70.3 Å². The van der Waals surface area contributed by atoms with Gasteiger partial charge >= 0.3 is 7.82 Å². The van der Waals surface area contributed by atoms with Crippen LogP contribution in [0.4, 0.5) is 0 Å². The predicted octanol–water partition coefficient (Wildman–Crippen LogP) is 7.89. The first-order valence-corrected chi connectivity index (χ1v) is 17.2. The molecule has 0 spiro atoms. The summed E-state index contributed by atoms with van der Waals surface area (Å²) in [6.07, 6.45) is 9.58. The fourth-order valence-corrected chi connectivity index (χ4v) is 7.65. The molecule has 6 nitrogen and oxygen atoms in total. The Balaban J connectivity index is 1.30. The number of fused-ring (bicyclic) bond motifs is 1. The Kier molecular flexibility index (Phi) is 11.4. The van der Waals surface area contributed by atoms with Gasteiger partial charge in [-0.05, 0) is 60.8 Å². The molecule has 4 rings (SSSR count). The van der Waals surface area contributed by atoms with Crippen molar-refractivity contribution in [3.05, 3.63) is 83.9 Å². The summed E-state index contributed by atoms with van der Waals surface area (Å²) in [5, 5.41) is 11.2. The van der Waals surface area contributed by atoms with Gasteiger partial charge in [0.2, 0.25) is 0 Å². The minimum absolute atomic E-state index is 0.175. The normalized spacial score (nSPS) is 23.6. The molecule has 1 saturated carbocycles. The number of phosphoric acid groups is 1. The van der Waals surface area contributed by atoms with Crippen LogP contribution in [0, 0.1) is 11.3 Å². The molecule has 2 aliphatic rings. The number of hydrogen-bond donors (Lipinski definition) is 2. The second kappa shape index (κ2) is 14.6. The lowest BCUT2D eigenvalue weighted by atomic mass is 9.66. The minimum Gasteiger partial charge on any atom is -0.393 e. The second-order valence-electron chi connectivity index (χ2n) is 13.1. The van der Waals surface area contributed by atoms with Gasteiger partial charge in [-0.2, -0.15) is 0 Å². The molecule has 2 N–H and O–H groups in total. The van der Waals surface area contributed by atoms with Gasteiger partial charge in [0.1, 0.15) is 13.2 Å². The van der Waals surface area contributed by atoms with Crippen LogP contribution in [0.5, 0.6) is 0 Å². The molecule has 0 radical (unpaired) electrons. The van der Waals surface area contributed by atoms with Crippen LogP contribution >= 0.6 is 7.82 Å². The average Bonchev–Trinajstić information content (AvgIpc) is 3.46. The predicted molar refractivity (Wildman–Crippen MR) is 172 cm³/mol. The fraction of sp³-hybridized carbons (Fsp3) is 0.543. The van der Waals surface area contributed by atoms with Crippen molar-refractivity contribution < 1.29 is 28.1 Å². The molecule has 1 fully saturated rings. The first kappa shape index (κ1) is 32.9. The molecule has 42 heavy (non-hydrogen) atoms. The summed E-state index contributed by atoms with van der Waals surface area (Å²) < 4.78 is 22.9.